The van der Waals surface area contributed by atoms with E-state index in [2.05, 4.69) is 24.5 Å². The number of rotatable bonds is 2. The van der Waals surface area contributed by atoms with E-state index in [0.717, 1.165) is 5.41 Å². The Morgan fingerprint density at radius 3 is 2.54 bits per heavy atom. The third-order valence-corrected chi connectivity index (χ3v) is 4.02. The highest BCUT2D eigenvalue weighted by atomic mass is 15.2. The van der Waals surface area contributed by atoms with Gasteiger partial charge in [0.05, 0.1) is 0 Å². The fourth-order valence-electron chi connectivity index (χ4n) is 2.83. The second-order valence-corrected chi connectivity index (χ2v) is 4.90. The molecule has 1 saturated heterocycles. The van der Waals surface area contributed by atoms with Crippen LogP contribution in [0.3, 0.4) is 0 Å². The lowest BCUT2D eigenvalue weighted by Crippen LogP contribution is -2.49. The van der Waals surface area contributed by atoms with Gasteiger partial charge in [-0.2, -0.15) is 0 Å². The van der Waals surface area contributed by atoms with Crippen molar-refractivity contribution in [1.82, 2.24) is 4.90 Å². The van der Waals surface area contributed by atoms with E-state index >= 15 is 0 Å². The van der Waals surface area contributed by atoms with Gasteiger partial charge in [0, 0.05) is 12.6 Å². The molecule has 1 aliphatic carbocycles. The van der Waals surface area contributed by atoms with Crippen LogP contribution < -0.4 is 0 Å². The van der Waals surface area contributed by atoms with Crippen molar-refractivity contribution in [2.75, 3.05) is 13.1 Å². The first kappa shape index (κ1) is 9.26. The van der Waals surface area contributed by atoms with Gasteiger partial charge in [0.25, 0.3) is 0 Å². The van der Waals surface area contributed by atoms with Gasteiger partial charge in [-0.25, -0.2) is 0 Å². The molecule has 2 rings (SSSR count). The maximum Gasteiger partial charge on any atom is 0.0247 e. The van der Waals surface area contributed by atoms with E-state index in [-0.39, 0.29) is 0 Å². The zero-order valence-corrected chi connectivity index (χ0v) is 8.76. The second kappa shape index (κ2) is 3.45. The zero-order valence-electron chi connectivity index (χ0n) is 8.76. The molecule has 2 aliphatic rings. The van der Waals surface area contributed by atoms with E-state index in [9.17, 15) is 0 Å². The van der Waals surface area contributed by atoms with Crippen LogP contribution in [0.25, 0.3) is 0 Å². The fourth-order valence-corrected chi connectivity index (χ4v) is 2.83. The van der Waals surface area contributed by atoms with Crippen molar-refractivity contribution < 1.29 is 0 Å². The molecule has 13 heavy (non-hydrogen) atoms. The van der Waals surface area contributed by atoms with Crippen molar-refractivity contribution in [2.45, 2.75) is 45.1 Å². The number of hydrogen-bond donors (Lipinski definition) is 0. The van der Waals surface area contributed by atoms with Crippen LogP contribution in [0.15, 0.2) is 12.7 Å². The third-order valence-electron chi connectivity index (χ3n) is 4.02. The summed E-state index contributed by atoms with van der Waals surface area (Å²) in [5.41, 5.74) is 0.732. The first-order valence-electron chi connectivity index (χ1n) is 5.62. The van der Waals surface area contributed by atoms with Crippen molar-refractivity contribution in [2.24, 2.45) is 5.41 Å². The van der Waals surface area contributed by atoms with Gasteiger partial charge in [0.1, 0.15) is 0 Å². The summed E-state index contributed by atoms with van der Waals surface area (Å²) in [7, 11) is 0. The zero-order chi connectivity index (χ0) is 9.31. The molecule has 1 unspecified atom stereocenters. The normalized spacial score (nSPS) is 29.6. The molecule has 1 nitrogen and oxygen atoms in total. The predicted octanol–water partition coefficient (Wildman–Crippen LogP) is 2.83. The van der Waals surface area contributed by atoms with Gasteiger partial charge in [-0.05, 0) is 44.6 Å². The van der Waals surface area contributed by atoms with Gasteiger partial charge in [0.2, 0.25) is 0 Å². The minimum atomic E-state index is 0.581. The minimum Gasteiger partial charge on any atom is -0.297 e. The Kier molecular flexibility index (Phi) is 2.46. The highest BCUT2D eigenvalue weighted by Crippen LogP contribution is 2.47. The number of piperidine rings is 1. The lowest BCUT2D eigenvalue weighted by molar-refractivity contribution is 0.0113. The monoisotopic (exact) mass is 179 g/mol. The van der Waals surface area contributed by atoms with Crippen molar-refractivity contribution in [3.63, 3.8) is 0 Å². The Bertz CT molecular complexity index is 193. The van der Waals surface area contributed by atoms with Crippen LogP contribution >= 0.6 is 0 Å². The van der Waals surface area contributed by atoms with Crippen LogP contribution in [-0.2, 0) is 0 Å². The summed E-state index contributed by atoms with van der Waals surface area (Å²) in [6.45, 7) is 8.77. The van der Waals surface area contributed by atoms with Crippen molar-refractivity contribution >= 4 is 0 Å². The molecule has 1 saturated carbocycles. The van der Waals surface area contributed by atoms with Gasteiger partial charge in [-0.3, -0.25) is 4.90 Å². The van der Waals surface area contributed by atoms with E-state index in [1.54, 1.807) is 0 Å². The number of likely N-dealkylation sites (tertiary alicyclic amines) is 1. The summed E-state index contributed by atoms with van der Waals surface area (Å²) < 4.78 is 0. The van der Waals surface area contributed by atoms with Crippen LogP contribution in [-0.4, -0.2) is 24.0 Å². The molecule has 0 amide bonds. The Morgan fingerprint density at radius 2 is 2.00 bits per heavy atom. The summed E-state index contributed by atoms with van der Waals surface area (Å²) in [4.78, 5) is 2.61. The Labute approximate surface area is 81.8 Å². The SMILES string of the molecule is C=CC(C)N1CCCC2(CCC2)C1. The topological polar surface area (TPSA) is 3.24 Å². The summed E-state index contributed by atoms with van der Waals surface area (Å²) >= 11 is 0. The summed E-state index contributed by atoms with van der Waals surface area (Å²) in [5, 5.41) is 0. The lowest BCUT2D eigenvalue weighted by Gasteiger charge is -2.50. The third kappa shape index (κ3) is 1.67. The molecule has 0 aromatic carbocycles. The Balaban J connectivity index is 1.95. The summed E-state index contributed by atoms with van der Waals surface area (Å²) in [6, 6.07) is 0.581. The molecule has 74 valence electrons. The molecule has 1 aliphatic heterocycles. The second-order valence-electron chi connectivity index (χ2n) is 4.90. The average molecular weight is 179 g/mol. The molecule has 2 fully saturated rings. The van der Waals surface area contributed by atoms with Gasteiger partial charge in [-0.1, -0.05) is 12.5 Å². The number of hydrogen-bond acceptors (Lipinski definition) is 1. The van der Waals surface area contributed by atoms with Gasteiger partial charge in [-0.15, -0.1) is 6.58 Å². The molecule has 0 aromatic rings. The van der Waals surface area contributed by atoms with Crippen LogP contribution in [0.1, 0.15) is 39.0 Å². The first-order chi connectivity index (χ1) is 6.26. The molecule has 1 atom stereocenters. The fraction of sp³-hybridized carbons (Fsp3) is 0.833. The molecule has 1 spiro atoms. The predicted molar refractivity (Wildman–Crippen MR) is 56.8 cm³/mol. The maximum atomic E-state index is 3.89. The number of nitrogens with zero attached hydrogens (tertiary/aromatic N) is 1. The summed E-state index contributed by atoms with van der Waals surface area (Å²) in [6.07, 6.45) is 9.39. The van der Waals surface area contributed by atoms with Crippen LogP contribution in [0.2, 0.25) is 0 Å². The van der Waals surface area contributed by atoms with Crippen LogP contribution in [0.4, 0.5) is 0 Å². The van der Waals surface area contributed by atoms with Crippen molar-refractivity contribution in [1.29, 1.82) is 0 Å². The molecular formula is C12H21N. The molecule has 0 radical (unpaired) electrons. The van der Waals surface area contributed by atoms with E-state index < -0.39 is 0 Å². The van der Waals surface area contributed by atoms with Crippen molar-refractivity contribution in [3.05, 3.63) is 12.7 Å². The smallest absolute Gasteiger partial charge is 0.0247 e. The van der Waals surface area contributed by atoms with E-state index in [1.165, 1.54) is 45.2 Å². The van der Waals surface area contributed by atoms with E-state index in [4.69, 9.17) is 0 Å². The largest absolute Gasteiger partial charge is 0.297 e. The van der Waals surface area contributed by atoms with E-state index in [0.29, 0.717) is 6.04 Å². The average Bonchev–Trinajstić information content (AvgIpc) is 2.14. The molecular weight excluding hydrogens is 158 g/mol. The van der Waals surface area contributed by atoms with Gasteiger partial charge < -0.3 is 0 Å². The Hall–Kier alpha value is -0.300. The molecule has 1 heteroatoms. The van der Waals surface area contributed by atoms with Crippen molar-refractivity contribution in [3.8, 4) is 0 Å². The van der Waals surface area contributed by atoms with E-state index in [1.807, 2.05) is 0 Å². The van der Waals surface area contributed by atoms with Gasteiger partial charge >= 0.3 is 0 Å². The molecule has 1 heterocycles. The molecule has 0 aromatic heterocycles. The maximum absolute atomic E-state index is 3.89. The molecule has 0 bridgehead atoms. The Morgan fingerprint density at radius 1 is 1.31 bits per heavy atom. The highest BCUT2D eigenvalue weighted by Gasteiger charge is 2.40. The molecule has 0 N–H and O–H groups in total. The minimum absolute atomic E-state index is 0.581. The van der Waals surface area contributed by atoms with Crippen LogP contribution in [0.5, 0.6) is 0 Å². The van der Waals surface area contributed by atoms with Crippen LogP contribution in [0, 0.1) is 5.41 Å². The first-order valence-corrected chi connectivity index (χ1v) is 5.62. The lowest BCUT2D eigenvalue weighted by atomic mass is 9.64. The quantitative estimate of drug-likeness (QED) is 0.589. The highest BCUT2D eigenvalue weighted by molar-refractivity contribution is 4.96. The summed E-state index contributed by atoms with van der Waals surface area (Å²) in [5.74, 6) is 0. The standard InChI is InChI=1S/C12H21N/c1-3-11(2)13-9-5-8-12(10-13)6-4-7-12/h3,11H,1,4-10H2,2H3. The van der Waals surface area contributed by atoms with Gasteiger partial charge in [0.15, 0.2) is 0 Å².